The van der Waals surface area contributed by atoms with Crippen LogP contribution in [0.25, 0.3) is 0 Å². The zero-order valence-electron chi connectivity index (χ0n) is 13.2. The Morgan fingerprint density at radius 3 is 1.88 bits per heavy atom. The second-order valence-corrected chi connectivity index (χ2v) is 5.12. The molecule has 2 aromatic rings. The van der Waals surface area contributed by atoms with E-state index in [0.717, 1.165) is 0 Å². The minimum Gasteiger partial charge on any atom is -0.340 e. The fourth-order valence-corrected chi connectivity index (χ4v) is 1.88. The van der Waals surface area contributed by atoms with E-state index in [1.54, 1.807) is 29.1 Å². The summed E-state index contributed by atoms with van der Waals surface area (Å²) in [5.74, 6) is -12.5. The van der Waals surface area contributed by atoms with Gasteiger partial charge in [0.05, 0.1) is 0 Å². The van der Waals surface area contributed by atoms with Gasteiger partial charge in [-0.15, -0.1) is 0 Å². The van der Waals surface area contributed by atoms with Crippen molar-refractivity contribution in [2.24, 2.45) is 0 Å². The summed E-state index contributed by atoms with van der Waals surface area (Å²) < 4.78 is 66.1. The Bertz CT molecular complexity index is 817. The molecular weight excluding hydrogens is 361 g/mol. The van der Waals surface area contributed by atoms with E-state index in [1.807, 2.05) is 0 Å². The summed E-state index contributed by atoms with van der Waals surface area (Å²) >= 11 is 0. The Kier molecular flexibility index (Phi) is 5.75. The quantitative estimate of drug-likeness (QED) is 0.327. The molecule has 0 saturated carbocycles. The molecule has 0 heterocycles. The van der Waals surface area contributed by atoms with E-state index in [9.17, 15) is 31.5 Å². The molecule has 2 aromatic carbocycles. The summed E-state index contributed by atoms with van der Waals surface area (Å²) in [7, 11) is 0. The molecule has 0 saturated heterocycles. The number of carbonyl (C=O) groups excluding carboxylic acids is 2. The number of rotatable bonds is 5. The molecule has 138 valence electrons. The van der Waals surface area contributed by atoms with Crippen LogP contribution in [-0.4, -0.2) is 17.9 Å². The summed E-state index contributed by atoms with van der Waals surface area (Å²) in [5, 5.41) is 2.31. The van der Waals surface area contributed by atoms with Gasteiger partial charge in [-0.3, -0.25) is 20.4 Å². The fourth-order valence-electron chi connectivity index (χ4n) is 1.88. The molecule has 0 radical (unpaired) electrons. The summed E-state index contributed by atoms with van der Waals surface area (Å²) in [6.45, 7) is 1.26. The summed E-state index contributed by atoms with van der Waals surface area (Å²) in [6, 6.07) is 6.70. The molecule has 10 heteroatoms. The third kappa shape index (κ3) is 3.90. The lowest BCUT2D eigenvalue weighted by Crippen LogP contribution is -2.46. The van der Waals surface area contributed by atoms with Gasteiger partial charge < -0.3 is 5.32 Å². The van der Waals surface area contributed by atoms with Gasteiger partial charge in [0.25, 0.3) is 11.8 Å². The molecule has 1 atom stereocenters. The summed E-state index contributed by atoms with van der Waals surface area (Å²) in [5.41, 5.74) is 2.25. The largest absolute Gasteiger partial charge is 0.340 e. The third-order valence-electron chi connectivity index (χ3n) is 3.30. The molecule has 26 heavy (non-hydrogen) atoms. The van der Waals surface area contributed by atoms with E-state index in [2.05, 4.69) is 5.32 Å². The van der Waals surface area contributed by atoms with Crippen molar-refractivity contribution in [2.75, 3.05) is 5.43 Å². The summed E-state index contributed by atoms with van der Waals surface area (Å²) in [6.07, 6.45) is 0. The average Bonchev–Trinajstić information content (AvgIpc) is 2.65. The first-order chi connectivity index (χ1) is 12.2. The first kappa shape index (κ1) is 19.2. The molecule has 0 aliphatic heterocycles. The predicted molar refractivity (Wildman–Crippen MR) is 81.4 cm³/mol. The zero-order chi connectivity index (χ0) is 19.4. The number of benzene rings is 2. The average molecular weight is 373 g/mol. The molecule has 0 spiro atoms. The molecule has 0 bridgehead atoms. The van der Waals surface area contributed by atoms with Gasteiger partial charge in [0, 0.05) is 5.56 Å². The van der Waals surface area contributed by atoms with Gasteiger partial charge in [-0.25, -0.2) is 22.0 Å². The van der Waals surface area contributed by atoms with Gasteiger partial charge in [-0.05, 0) is 19.1 Å². The maximum atomic E-state index is 13.5. The SMILES string of the molecule is CC(NC(=O)c1ccccc1)C(=O)NNc1c(F)c(F)c(F)c(F)c1F. The maximum Gasteiger partial charge on any atom is 0.260 e. The zero-order valence-corrected chi connectivity index (χ0v) is 13.2. The van der Waals surface area contributed by atoms with Crippen LogP contribution in [0.3, 0.4) is 0 Å². The Morgan fingerprint density at radius 2 is 1.35 bits per heavy atom. The Balaban J connectivity index is 2.04. The number of hydrogen-bond donors (Lipinski definition) is 3. The number of halogens is 5. The first-order valence-corrected chi connectivity index (χ1v) is 7.17. The molecule has 0 aliphatic rings. The van der Waals surface area contributed by atoms with Gasteiger partial charge in [0.2, 0.25) is 5.82 Å². The van der Waals surface area contributed by atoms with Crippen LogP contribution in [0, 0.1) is 29.1 Å². The first-order valence-electron chi connectivity index (χ1n) is 7.17. The molecule has 2 rings (SSSR count). The van der Waals surface area contributed by atoms with Gasteiger partial charge >= 0.3 is 0 Å². The van der Waals surface area contributed by atoms with Crippen LogP contribution in [0.5, 0.6) is 0 Å². The lowest BCUT2D eigenvalue weighted by Gasteiger charge is -2.16. The minimum absolute atomic E-state index is 0.264. The topological polar surface area (TPSA) is 70.2 Å². The van der Waals surface area contributed by atoms with Gasteiger partial charge in [-0.2, -0.15) is 0 Å². The lowest BCUT2D eigenvalue weighted by molar-refractivity contribution is -0.122. The molecule has 0 aliphatic carbocycles. The van der Waals surface area contributed by atoms with Crippen LogP contribution >= 0.6 is 0 Å². The highest BCUT2D eigenvalue weighted by Crippen LogP contribution is 2.26. The molecule has 3 N–H and O–H groups in total. The number of amides is 2. The van der Waals surface area contributed by atoms with Crippen molar-refractivity contribution in [2.45, 2.75) is 13.0 Å². The van der Waals surface area contributed by atoms with Crippen LogP contribution in [0.15, 0.2) is 30.3 Å². The Morgan fingerprint density at radius 1 is 0.846 bits per heavy atom. The van der Waals surface area contributed by atoms with Crippen LogP contribution in [-0.2, 0) is 4.79 Å². The molecule has 1 unspecified atom stereocenters. The molecule has 0 fully saturated rings. The number of carbonyl (C=O) groups is 2. The van der Waals surface area contributed by atoms with Crippen molar-refractivity contribution < 1.29 is 31.5 Å². The van der Waals surface area contributed by atoms with Gasteiger partial charge in [0.15, 0.2) is 23.3 Å². The van der Waals surface area contributed by atoms with Crippen molar-refractivity contribution in [3.05, 3.63) is 65.0 Å². The van der Waals surface area contributed by atoms with Crippen molar-refractivity contribution in [3.8, 4) is 0 Å². The number of anilines is 1. The van der Waals surface area contributed by atoms with E-state index in [1.165, 1.54) is 19.1 Å². The third-order valence-corrected chi connectivity index (χ3v) is 3.30. The molecular formula is C16H12F5N3O2. The second kappa shape index (κ2) is 7.81. The van der Waals surface area contributed by atoms with Crippen LogP contribution in [0.1, 0.15) is 17.3 Å². The number of hydrogen-bond acceptors (Lipinski definition) is 3. The highest BCUT2D eigenvalue weighted by atomic mass is 19.2. The van der Waals surface area contributed by atoms with Crippen LogP contribution in [0.4, 0.5) is 27.6 Å². The highest BCUT2D eigenvalue weighted by Gasteiger charge is 2.26. The normalized spacial score (nSPS) is 11.6. The fraction of sp³-hybridized carbons (Fsp3) is 0.125. The Hall–Kier alpha value is -3.17. The van der Waals surface area contributed by atoms with E-state index >= 15 is 0 Å². The van der Waals surface area contributed by atoms with Gasteiger partial charge in [-0.1, -0.05) is 18.2 Å². The smallest absolute Gasteiger partial charge is 0.260 e. The van der Waals surface area contributed by atoms with Crippen molar-refractivity contribution >= 4 is 17.5 Å². The van der Waals surface area contributed by atoms with Crippen molar-refractivity contribution in [1.82, 2.24) is 10.7 Å². The summed E-state index contributed by atoms with van der Waals surface area (Å²) in [4.78, 5) is 23.7. The van der Waals surface area contributed by atoms with Gasteiger partial charge in [0.1, 0.15) is 11.7 Å². The van der Waals surface area contributed by atoms with Crippen LogP contribution < -0.4 is 16.2 Å². The van der Waals surface area contributed by atoms with E-state index in [4.69, 9.17) is 0 Å². The number of nitrogens with one attached hydrogen (secondary N) is 3. The Labute approximate surface area is 144 Å². The van der Waals surface area contributed by atoms with Crippen molar-refractivity contribution in [3.63, 3.8) is 0 Å². The lowest BCUT2D eigenvalue weighted by atomic mass is 10.2. The highest BCUT2D eigenvalue weighted by molar-refractivity contribution is 5.97. The van der Waals surface area contributed by atoms with E-state index < -0.39 is 52.6 Å². The van der Waals surface area contributed by atoms with Crippen LogP contribution in [0.2, 0.25) is 0 Å². The second-order valence-electron chi connectivity index (χ2n) is 5.12. The monoisotopic (exact) mass is 373 g/mol. The molecule has 2 amide bonds. The predicted octanol–water partition coefficient (Wildman–Crippen LogP) is 2.64. The molecule has 0 aromatic heterocycles. The van der Waals surface area contributed by atoms with E-state index in [-0.39, 0.29) is 5.56 Å². The maximum absolute atomic E-state index is 13.5. The standard InChI is InChI=1S/C16H12F5N3O2/c1-7(22-16(26)8-5-3-2-4-6-8)15(25)24-23-14-12(20)10(18)9(17)11(19)13(14)21/h2-7,23H,1H3,(H,22,26)(H,24,25). The number of hydrazine groups is 1. The molecule has 5 nitrogen and oxygen atoms in total. The van der Waals surface area contributed by atoms with Crippen molar-refractivity contribution in [1.29, 1.82) is 0 Å². The minimum atomic E-state index is -2.32. The van der Waals surface area contributed by atoms with E-state index in [0.29, 0.717) is 0 Å².